The van der Waals surface area contributed by atoms with Crippen molar-refractivity contribution in [2.75, 3.05) is 18.8 Å². The first-order chi connectivity index (χ1) is 12.2. The van der Waals surface area contributed by atoms with Crippen LogP contribution in [0.5, 0.6) is 0 Å². The molecule has 1 atom stereocenters. The standard InChI is InChI=1S/C19H27N3OS2/c1-3-17-10-11-18(24-17)14-22-19(20-4-2)21-12-13-25(23)15-16-8-6-5-7-9-16/h5-11H,3-4,12-15H2,1-2H3,(H2,20,21,22). The maximum Gasteiger partial charge on any atom is 0.191 e. The number of aliphatic imine (C=N–C) groups is 1. The Balaban J connectivity index is 1.78. The van der Waals surface area contributed by atoms with Crippen LogP contribution in [-0.2, 0) is 29.5 Å². The number of benzene rings is 1. The van der Waals surface area contributed by atoms with Crippen LogP contribution in [0.1, 0.15) is 29.2 Å². The molecule has 0 saturated carbocycles. The molecule has 0 amide bonds. The first kappa shape index (κ1) is 19.7. The third-order valence-electron chi connectivity index (χ3n) is 3.60. The average Bonchev–Trinajstić information content (AvgIpc) is 3.08. The molecule has 136 valence electrons. The maximum atomic E-state index is 12.2. The fraction of sp³-hybridized carbons (Fsp3) is 0.421. The van der Waals surface area contributed by atoms with Crippen LogP contribution in [0, 0.1) is 0 Å². The van der Waals surface area contributed by atoms with Crippen molar-refractivity contribution >= 4 is 28.1 Å². The molecule has 1 aromatic carbocycles. The molecule has 0 aliphatic heterocycles. The number of hydrogen-bond acceptors (Lipinski definition) is 3. The molecule has 1 aromatic heterocycles. The fourth-order valence-corrected chi connectivity index (χ4v) is 4.23. The van der Waals surface area contributed by atoms with E-state index in [1.54, 1.807) is 0 Å². The second kappa shape index (κ2) is 11.1. The van der Waals surface area contributed by atoms with Gasteiger partial charge < -0.3 is 10.6 Å². The van der Waals surface area contributed by atoms with Crippen LogP contribution in [0.25, 0.3) is 0 Å². The van der Waals surface area contributed by atoms with Crippen molar-refractivity contribution in [3.05, 3.63) is 57.8 Å². The molecule has 0 saturated heterocycles. The Morgan fingerprint density at radius 1 is 1.08 bits per heavy atom. The lowest BCUT2D eigenvalue weighted by Crippen LogP contribution is -2.39. The van der Waals surface area contributed by atoms with Crippen LogP contribution in [0.3, 0.4) is 0 Å². The number of nitrogens with zero attached hydrogens (tertiary/aromatic N) is 1. The van der Waals surface area contributed by atoms with Gasteiger partial charge >= 0.3 is 0 Å². The summed E-state index contributed by atoms with van der Waals surface area (Å²) in [5.41, 5.74) is 1.12. The number of rotatable bonds is 9. The van der Waals surface area contributed by atoms with Crippen LogP contribution in [0.2, 0.25) is 0 Å². The molecule has 0 fully saturated rings. The minimum Gasteiger partial charge on any atom is -0.357 e. The molecule has 0 radical (unpaired) electrons. The molecule has 6 heteroatoms. The highest BCUT2D eigenvalue weighted by molar-refractivity contribution is 7.84. The van der Waals surface area contributed by atoms with Crippen molar-refractivity contribution in [1.29, 1.82) is 0 Å². The Kier molecular flexibility index (Phi) is 8.69. The Hall–Kier alpha value is -1.66. The molecule has 4 nitrogen and oxygen atoms in total. The first-order valence-corrected chi connectivity index (χ1v) is 11.0. The highest BCUT2D eigenvalue weighted by Crippen LogP contribution is 2.17. The van der Waals surface area contributed by atoms with Gasteiger partial charge in [-0.1, -0.05) is 37.3 Å². The van der Waals surface area contributed by atoms with Crippen molar-refractivity contribution in [3.63, 3.8) is 0 Å². The van der Waals surface area contributed by atoms with E-state index in [2.05, 4.69) is 34.7 Å². The van der Waals surface area contributed by atoms with E-state index in [-0.39, 0.29) is 0 Å². The Morgan fingerprint density at radius 3 is 2.52 bits per heavy atom. The van der Waals surface area contributed by atoms with E-state index in [1.807, 2.05) is 48.6 Å². The molecular weight excluding hydrogens is 350 g/mol. The Labute approximate surface area is 157 Å². The van der Waals surface area contributed by atoms with E-state index in [4.69, 9.17) is 0 Å². The number of hydrogen-bond donors (Lipinski definition) is 2. The second-order valence-electron chi connectivity index (χ2n) is 5.62. The molecular formula is C19H27N3OS2. The molecule has 2 rings (SSSR count). The third kappa shape index (κ3) is 7.40. The molecule has 0 aliphatic rings. The van der Waals surface area contributed by atoms with Crippen molar-refractivity contribution in [1.82, 2.24) is 10.6 Å². The average molecular weight is 378 g/mol. The lowest BCUT2D eigenvalue weighted by molar-refractivity contribution is 0.680. The van der Waals surface area contributed by atoms with Crippen LogP contribution in [0.15, 0.2) is 47.5 Å². The largest absolute Gasteiger partial charge is 0.357 e. The number of aryl methyl sites for hydroxylation is 1. The summed E-state index contributed by atoms with van der Waals surface area (Å²) in [4.78, 5) is 7.27. The fourth-order valence-electron chi connectivity index (χ4n) is 2.31. The van der Waals surface area contributed by atoms with Crippen molar-refractivity contribution in [2.45, 2.75) is 32.6 Å². The van der Waals surface area contributed by atoms with Gasteiger partial charge in [-0.05, 0) is 31.0 Å². The van der Waals surface area contributed by atoms with Crippen LogP contribution >= 0.6 is 11.3 Å². The molecule has 0 aliphatic carbocycles. The van der Waals surface area contributed by atoms with Crippen molar-refractivity contribution in [2.24, 2.45) is 4.99 Å². The van der Waals surface area contributed by atoms with Gasteiger partial charge in [0.2, 0.25) is 0 Å². The normalized spacial score (nSPS) is 12.8. The van der Waals surface area contributed by atoms with E-state index >= 15 is 0 Å². The summed E-state index contributed by atoms with van der Waals surface area (Å²) in [7, 11) is -0.872. The molecule has 2 N–H and O–H groups in total. The predicted octanol–water partition coefficient (Wildman–Crippen LogP) is 3.31. The monoisotopic (exact) mass is 377 g/mol. The van der Waals surface area contributed by atoms with E-state index in [9.17, 15) is 4.21 Å². The maximum absolute atomic E-state index is 12.2. The van der Waals surface area contributed by atoms with E-state index in [1.165, 1.54) is 9.75 Å². The number of thiophene rings is 1. The van der Waals surface area contributed by atoms with Crippen molar-refractivity contribution < 1.29 is 4.21 Å². The van der Waals surface area contributed by atoms with Gasteiger partial charge in [0, 0.05) is 45.1 Å². The summed E-state index contributed by atoms with van der Waals surface area (Å²) in [6, 6.07) is 14.3. The molecule has 1 heterocycles. The summed E-state index contributed by atoms with van der Waals surface area (Å²) in [6.45, 7) is 6.35. The van der Waals surface area contributed by atoms with E-state index in [0.29, 0.717) is 24.6 Å². The highest BCUT2D eigenvalue weighted by atomic mass is 32.2. The zero-order valence-corrected chi connectivity index (χ0v) is 16.6. The van der Waals surface area contributed by atoms with Gasteiger partial charge in [0.1, 0.15) is 0 Å². The number of guanidine groups is 1. The molecule has 0 spiro atoms. The van der Waals surface area contributed by atoms with Gasteiger partial charge in [-0.3, -0.25) is 4.21 Å². The topological polar surface area (TPSA) is 53.5 Å². The van der Waals surface area contributed by atoms with Gasteiger partial charge in [0.05, 0.1) is 6.54 Å². The van der Waals surface area contributed by atoms with Crippen molar-refractivity contribution in [3.8, 4) is 0 Å². The lowest BCUT2D eigenvalue weighted by atomic mass is 10.2. The summed E-state index contributed by atoms with van der Waals surface area (Å²) in [5, 5.41) is 6.52. The summed E-state index contributed by atoms with van der Waals surface area (Å²) < 4.78 is 12.2. The number of nitrogens with one attached hydrogen (secondary N) is 2. The smallest absolute Gasteiger partial charge is 0.191 e. The molecule has 2 aromatic rings. The lowest BCUT2D eigenvalue weighted by Gasteiger charge is -2.11. The van der Waals surface area contributed by atoms with Gasteiger partial charge in [0.25, 0.3) is 0 Å². The highest BCUT2D eigenvalue weighted by Gasteiger charge is 2.04. The Bertz CT molecular complexity index is 683. The van der Waals surface area contributed by atoms with Crippen LogP contribution in [-0.4, -0.2) is 29.0 Å². The summed E-state index contributed by atoms with van der Waals surface area (Å²) >= 11 is 1.81. The third-order valence-corrected chi connectivity index (χ3v) is 6.12. The van der Waals surface area contributed by atoms with Gasteiger partial charge in [0.15, 0.2) is 5.96 Å². The van der Waals surface area contributed by atoms with Crippen LogP contribution in [0.4, 0.5) is 0 Å². The van der Waals surface area contributed by atoms with Crippen LogP contribution < -0.4 is 10.6 Å². The van der Waals surface area contributed by atoms with Gasteiger partial charge in [-0.25, -0.2) is 4.99 Å². The van der Waals surface area contributed by atoms with E-state index in [0.717, 1.165) is 24.5 Å². The molecule has 1 unspecified atom stereocenters. The first-order valence-electron chi connectivity index (χ1n) is 8.70. The minimum atomic E-state index is -0.872. The van der Waals surface area contributed by atoms with E-state index < -0.39 is 10.8 Å². The quantitative estimate of drug-likeness (QED) is 0.521. The summed E-state index contributed by atoms with van der Waals surface area (Å²) in [6.07, 6.45) is 1.07. The second-order valence-corrected chi connectivity index (χ2v) is 8.45. The molecule has 0 bridgehead atoms. The minimum absolute atomic E-state index is 0.602. The van der Waals surface area contributed by atoms with Gasteiger partial charge in [-0.15, -0.1) is 11.3 Å². The SMILES string of the molecule is CCNC(=NCc1ccc(CC)s1)NCCS(=O)Cc1ccccc1. The van der Waals surface area contributed by atoms with Gasteiger partial charge in [-0.2, -0.15) is 0 Å². The zero-order chi connectivity index (χ0) is 17.9. The zero-order valence-electron chi connectivity index (χ0n) is 15.0. The Morgan fingerprint density at radius 2 is 1.84 bits per heavy atom. The predicted molar refractivity (Wildman–Crippen MR) is 110 cm³/mol. The molecule has 25 heavy (non-hydrogen) atoms. The summed E-state index contributed by atoms with van der Waals surface area (Å²) in [5.74, 6) is 1.99.